The summed E-state index contributed by atoms with van der Waals surface area (Å²) in [5.41, 5.74) is 9.59. The molecule has 232 valence electrons. The molecule has 1 heterocycles. The standard InChI is InChI=1S/C25H42N6O9S/c1-13(2)9-14(28-19(33)11-26)22(36)31-8-6-7-17(31)21(35)30-16(12-41)20(34)29-15(10-18(27)32)23(37)39-24(38)40-25(3,4)5/h13-17,41H,6-12,26H2,1-5H3,(H2,27,32)(H,28,33)(H,29,34)(H,30,35)/t14?,15-,16-,17-/m0/s1. The van der Waals surface area contributed by atoms with Gasteiger partial charge in [0.2, 0.25) is 29.5 Å². The second-order valence-electron chi connectivity index (χ2n) is 11.0. The molecule has 4 atom stereocenters. The largest absolute Gasteiger partial charge is 0.516 e. The SMILES string of the molecule is CC(C)CC(NC(=O)CN)C(=O)N1CCC[C@H]1C(=O)N[C@@H](CS)C(=O)N[C@@H](CC(N)=O)C(=O)OC(=O)OC(C)(C)C. The van der Waals surface area contributed by atoms with Crippen LogP contribution in [0, 0.1) is 5.92 Å². The second-order valence-corrected chi connectivity index (χ2v) is 11.4. The minimum absolute atomic E-state index is 0.0597. The number of nitrogens with zero attached hydrogens (tertiary/aromatic N) is 1. The summed E-state index contributed by atoms with van der Waals surface area (Å²) in [6.45, 7) is 8.36. The summed E-state index contributed by atoms with van der Waals surface area (Å²) in [4.78, 5) is 88.5. The van der Waals surface area contributed by atoms with Gasteiger partial charge in [0.05, 0.1) is 13.0 Å². The molecule has 15 nitrogen and oxygen atoms in total. The highest BCUT2D eigenvalue weighted by atomic mass is 32.1. The molecular weight excluding hydrogens is 560 g/mol. The molecule has 1 saturated heterocycles. The first-order valence-corrected chi connectivity index (χ1v) is 13.9. The van der Waals surface area contributed by atoms with Gasteiger partial charge in [0.1, 0.15) is 29.8 Å². The number of carbonyl (C=O) groups is 7. The summed E-state index contributed by atoms with van der Waals surface area (Å²) in [6.07, 6.45) is -0.883. The molecule has 5 amide bonds. The van der Waals surface area contributed by atoms with E-state index in [0.29, 0.717) is 19.3 Å². The van der Waals surface area contributed by atoms with E-state index in [1.54, 1.807) is 20.8 Å². The number of nitrogens with two attached hydrogens (primary N) is 2. The van der Waals surface area contributed by atoms with E-state index in [2.05, 4.69) is 33.3 Å². The van der Waals surface area contributed by atoms with Crippen molar-refractivity contribution in [1.29, 1.82) is 0 Å². The van der Waals surface area contributed by atoms with Crippen molar-refractivity contribution in [3.8, 4) is 0 Å². The number of amides is 5. The summed E-state index contributed by atoms with van der Waals surface area (Å²) in [5, 5.41) is 7.35. The number of esters is 1. The van der Waals surface area contributed by atoms with Gasteiger partial charge in [-0.15, -0.1) is 0 Å². The molecule has 1 rings (SSSR count). The van der Waals surface area contributed by atoms with E-state index < -0.39 is 77.8 Å². The number of nitrogens with one attached hydrogen (secondary N) is 3. The van der Waals surface area contributed by atoms with Crippen LogP contribution in [0.5, 0.6) is 0 Å². The zero-order valence-corrected chi connectivity index (χ0v) is 25.0. The zero-order valence-electron chi connectivity index (χ0n) is 24.1. The third-order valence-electron chi connectivity index (χ3n) is 5.76. The van der Waals surface area contributed by atoms with Crippen molar-refractivity contribution in [2.24, 2.45) is 17.4 Å². The summed E-state index contributed by atoms with van der Waals surface area (Å²) < 4.78 is 9.48. The van der Waals surface area contributed by atoms with Gasteiger partial charge in [-0.2, -0.15) is 12.6 Å². The van der Waals surface area contributed by atoms with E-state index in [-0.39, 0.29) is 24.8 Å². The van der Waals surface area contributed by atoms with Crippen molar-refractivity contribution in [1.82, 2.24) is 20.9 Å². The lowest BCUT2D eigenvalue weighted by molar-refractivity contribution is -0.147. The summed E-state index contributed by atoms with van der Waals surface area (Å²) in [5.74, 6) is -4.94. The molecule has 0 aromatic rings. The Kier molecular flexibility index (Phi) is 14.0. The number of primary amides is 1. The third kappa shape index (κ3) is 12.3. The molecule has 0 bridgehead atoms. The van der Waals surface area contributed by atoms with E-state index in [1.807, 2.05) is 13.8 Å². The number of thiol groups is 1. The van der Waals surface area contributed by atoms with Gasteiger partial charge in [-0.25, -0.2) is 9.59 Å². The summed E-state index contributed by atoms with van der Waals surface area (Å²) in [6, 6.07) is -4.76. The Morgan fingerprint density at radius 2 is 1.63 bits per heavy atom. The van der Waals surface area contributed by atoms with Gasteiger partial charge < -0.3 is 41.8 Å². The number of hydrogen-bond acceptors (Lipinski definition) is 11. The van der Waals surface area contributed by atoms with Gasteiger partial charge in [0.25, 0.3) is 0 Å². The van der Waals surface area contributed by atoms with Gasteiger partial charge >= 0.3 is 12.1 Å². The highest BCUT2D eigenvalue weighted by molar-refractivity contribution is 7.80. The predicted molar refractivity (Wildman–Crippen MR) is 149 cm³/mol. The second kappa shape index (κ2) is 16.1. The number of carbonyl (C=O) groups excluding carboxylic acids is 7. The molecule has 1 fully saturated rings. The number of rotatable bonds is 13. The average molecular weight is 603 g/mol. The smallest absolute Gasteiger partial charge is 0.428 e. The quantitative estimate of drug-likeness (QED) is 0.0831. The van der Waals surface area contributed by atoms with E-state index in [9.17, 15) is 33.6 Å². The Morgan fingerprint density at radius 1 is 1.00 bits per heavy atom. The van der Waals surface area contributed by atoms with Crippen LogP contribution in [0.4, 0.5) is 4.79 Å². The van der Waals surface area contributed by atoms with Crippen molar-refractivity contribution in [3.05, 3.63) is 0 Å². The van der Waals surface area contributed by atoms with Crippen LogP contribution < -0.4 is 27.4 Å². The minimum Gasteiger partial charge on any atom is -0.428 e. The molecule has 1 aliphatic rings. The van der Waals surface area contributed by atoms with Crippen molar-refractivity contribution >= 4 is 54.3 Å². The van der Waals surface area contributed by atoms with Crippen LogP contribution in [-0.2, 0) is 38.2 Å². The number of hydrogen-bond donors (Lipinski definition) is 6. The van der Waals surface area contributed by atoms with Gasteiger partial charge in [-0.3, -0.25) is 24.0 Å². The van der Waals surface area contributed by atoms with Crippen molar-refractivity contribution < 1.29 is 43.0 Å². The summed E-state index contributed by atoms with van der Waals surface area (Å²) >= 11 is 4.10. The molecule has 16 heteroatoms. The third-order valence-corrected chi connectivity index (χ3v) is 6.12. The van der Waals surface area contributed by atoms with E-state index in [0.717, 1.165) is 0 Å². The summed E-state index contributed by atoms with van der Waals surface area (Å²) in [7, 11) is 0. The monoisotopic (exact) mass is 602 g/mol. The molecule has 1 unspecified atom stereocenters. The van der Waals surface area contributed by atoms with Crippen molar-refractivity contribution in [3.63, 3.8) is 0 Å². The Balaban J connectivity index is 2.97. The average Bonchev–Trinajstić information content (AvgIpc) is 3.34. The van der Waals surface area contributed by atoms with Crippen LogP contribution in [0.15, 0.2) is 0 Å². The van der Waals surface area contributed by atoms with Crippen molar-refractivity contribution in [2.45, 2.75) is 90.1 Å². The molecular formula is C25H42N6O9S. The van der Waals surface area contributed by atoms with Crippen LogP contribution in [-0.4, -0.2) is 95.2 Å². The fraction of sp³-hybridized carbons (Fsp3) is 0.720. The van der Waals surface area contributed by atoms with Crippen LogP contribution in [0.3, 0.4) is 0 Å². The highest BCUT2D eigenvalue weighted by Gasteiger charge is 2.39. The molecule has 0 aliphatic carbocycles. The molecule has 0 radical (unpaired) electrons. The van der Waals surface area contributed by atoms with Gasteiger partial charge in [-0.05, 0) is 46.0 Å². The first-order valence-electron chi connectivity index (χ1n) is 13.2. The lowest BCUT2D eigenvalue weighted by atomic mass is 10.0. The molecule has 7 N–H and O–H groups in total. The highest BCUT2D eigenvalue weighted by Crippen LogP contribution is 2.21. The Hall–Kier alpha value is -3.40. The molecule has 0 spiro atoms. The maximum Gasteiger partial charge on any atom is 0.516 e. The Bertz CT molecular complexity index is 1000. The van der Waals surface area contributed by atoms with Crippen LogP contribution in [0.25, 0.3) is 0 Å². The van der Waals surface area contributed by atoms with E-state index in [4.69, 9.17) is 16.2 Å². The predicted octanol–water partition coefficient (Wildman–Crippen LogP) is -1.28. The van der Waals surface area contributed by atoms with Gasteiger partial charge in [0, 0.05) is 12.3 Å². The molecule has 1 aliphatic heterocycles. The van der Waals surface area contributed by atoms with E-state index >= 15 is 0 Å². The normalized spacial score (nSPS) is 17.2. The topological polar surface area (TPSA) is 229 Å². The molecule has 41 heavy (non-hydrogen) atoms. The maximum absolute atomic E-state index is 13.3. The lowest BCUT2D eigenvalue weighted by Gasteiger charge is -2.30. The maximum atomic E-state index is 13.3. The van der Waals surface area contributed by atoms with E-state index in [1.165, 1.54) is 4.90 Å². The number of ether oxygens (including phenoxy) is 2. The van der Waals surface area contributed by atoms with Gasteiger partial charge in [0.15, 0.2) is 0 Å². The fourth-order valence-corrected chi connectivity index (χ4v) is 4.26. The van der Waals surface area contributed by atoms with Crippen LogP contribution >= 0.6 is 12.6 Å². The fourth-order valence-electron chi connectivity index (χ4n) is 4.00. The van der Waals surface area contributed by atoms with Crippen LogP contribution in [0.1, 0.15) is 60.3 Å². The van der Waals surface area contributed by atoms with Crippen LogP contribution in [0.2, 0.25) is 0 Å². The number of likely N-dealkylation sites (tertiary alicyclic amines) is 1. The van der Waals surface area contributed by atoms with Gasteiger partial charge in [-0.1, -0.05) is 13.8 Å². The van der Waals surface area contributed by atoms with Crippen molar-refractivity contribution in [2.75, 3.05) is 18.8 Å². The Labute approximate surface area is 244 Å². The molecule has 0 aromatic carbocycles. The Morgan fingerprint density at radius 3 is 2.15 bits per heavy atom. The zero-order chi connectivity index (χ0) is 31.5. The molecule has 0 saturated carbocycles. The lowest BCUT2D eigenvalue weighted by Crippen LogP contribution is -2.58. The minimum atomic E-state index is -1.65. The first-order chi connectivity index (χ1) is 19.0. The molecule has 0 aromatic heterocycles. The first kappa shape index (κ1) is 35.6.